The van der Waals surface area contributed by atoms with Gasteiger partial charge in [-0.3, -0.25) is 24.0 Å². The molecule has 0 aromatic carbocycles. The van der Waals surface area contributed by atoms with Gasteiger partial charge in [0, 0.05) is 43.9 Å². The molecule has 1 fully saturated rings. The molecule has 0 unspecified atom stereocenters. The van der Waals surface area contributed by atoms with E-state index in [0.29, 0.717) is 49.7 Å². The van der Waals surface area contributed by atoms with Gasteiger partial charge in [0.1, 0.15) is 17.5 Å². The summed E-state index contributed by atoms with van der Waals surface area (Å²) >= 11 is 0. The average molecular weight is 739 g/mol. The number of ketones is 3. The molecule has 0 spiro atoms. The highest BCUT2D eigenvalue weighted by molar-refractivity contribution is 6.02. The van der Waals surface area contributed by atoms with Crippen molar-refractivity contribution in [2.24, 2.45) is 29.1 Å². The maximum atomic E-state index is 14.8. The van der Waals surface area contributed by atoms with Crippen molar-refractivity contribution in [3.8, 4) is 0 Å². The van der Waals surface area contributed by atoms with Crippen molar-refractivity contribution in [2.75, 3.05) is 7.11 Å². The van der Waals surface area contributed by atoms with Gasteiger partial charge in [-0.25, -0.2) is 0 Å². The van der Waals surface area contributed by atoms with Gasteiger partial charge < -0.3 is 24.4 Å². The Labute approximate surface area is 315 Å². The fraction of sp³-hybridized carbons (Fsp3) is 0.698. The first kappa shape index (κ1) is 42.5. The first-order valence-corrected chi connectivity index (χ1v) is 19.3. The van der Waals surface area contributed by atoms with Crippen molar-refractivity contribution < 1.29 is 48.4 Å². The second-order valence-electron chi connectivity index (χ2n) is 17.1. The summed E-state index contributed by atoms with van der Waals surface area (Å²) in [5, 5.41) is 23.6. The van der Waals surface area contributed by atoms with E-state index >= 15 is 0 Å². The molecule has 10 nitrogen and oxygen atoms in total. The van der Waals surface area contributed by atoms with Gasteiger partial charge in [-0.2, -0.15) is 0 Å². The SMILES string of the molecule is COC(=O)[C@]12CC(=O)[C@H](C(C)C)CC(=O)/C(C)=C/CC/C(C)=C\C(=O)[C@H]1CC(C)=C1C[C@H](OC(C)=O)[C@](C)(O)[C@H]3CC[C@@](C)(O)[C@H](CC/C(C)=C/[C@@H]12)O3. The van der Waals surface area contributed by atoms with E-state index in [0.717, 1.165) is 16.7 Å². The quantitative estimate of drug-likeness (QED) is 0.238. The highest BCUT2D eigenvalue weighted by atomic mass is 16.6. The minimum Gasteiger partial charge on any atom is -0.469 e. The summed E-state index contributed by atoms with van der Waals surface area (Å²) in [4.78, 5) is 70.3. The molecule has 2 bridgehead atoms. The molecule has 4 rings (SSSR count). The van der Waals surface area contributed by atoms with Crippen LogP contribution in [0.25, 0.3) is 0 Å². The van der Waals surface area contributed by atoms with Crippen LogP contribution >= 0.6 is 0 Å². The maximum Gasteiger partial charge on any atom is 0.313 e. The second kappa shape index (κ2) is 16.7. The van der Waals surface area contributed by atoms with Crippen LogP contribution in [0.1, 0.15) is 127 Å². The number of allylic oxidation sites excluding steroid dienone is 7. The molecule has 2 N–H and O–H groups in total. The minimum absolute atomic E-state index is 0.00736. The van der Waals surface area contributed by atoms with Gasteiger partial charge in [-0.05, 0) is 104 Å². The molecule has 2 heterocycles. The summed E-state index contributed by atoms with van der Waals surface area (Å²) in [5.41, 5.74) is -0.945. The summed E-state index contributed by atoms with van der Waals surface area (Å²) < 4.78 is 17.9. The number of esters is 2. The molecule has 9 atom stereocenters. The molecule has 10 heteroatoms. The molecular weight excluding hydrogens is 676 g/mol. The van der Waals surface area contributed by atoms with E-state index < -0.39 is 64.6 Å². The summed E-state index contributed by atoms with van der Waals surface area (Å²) in [7, 11) is 1.26. The van der Waals surface area contributed by atoms with Crippen LogP contribution in [0.15, 0.2) is 46.1 Å². The zero-order valence-electron chi connectivity index (χ0n) is 33.5. The van der Waals surface area contributed by atoms with Crippen LogP contribution < -0.4 is 0 Å². The molecule has 1 saturated heterocycles. The van der Waals surface area contributed by atoms with Crippen molar-refractivity contribution in [1.29, 1.82) is 0 Å². The number of ether oxygens (including phenoxy) is 3. The molecule has 0 saturated carbocycles. The Morgan fingerprint density at radius 3 is 2.25 bits per heavy atom. The Morgan fingerprint density at radius 2 is 1.62 bits per heavy atom. The van der Waals surface area contributed by atoms with Crippen molar-refractivity contribution >= 4 is 29.3 Å². The second-order valence-corrected chi connectivity index (χ2v) is 17.1. The fourth-order valence-electron chi connectivity index (χ4n) is 9.14. The summed E-state index contributed by atoms with van der Waals surface area (Å²) in [5.74, 6) is -4.86. The Hall–Kier alpha value is -3.21. The van der Waals surface area contributed by atoms with Crippen molar-refractivity contribution in [2.45, 2.75) is 156 Å². The number of carbonyl (C=O) groups is 5. The van der Waals surface area contributed by atoms with Gasteiger partial charge in [-0.1, -0.05) is 48.3 Å². The Kier molecular flexibility index (Phi) is 13.4. The first-order valence-electron chi connectivity index (χ1n) is 19.3. The minimum atomic E-state index is -1.73. The van der Waals surface area contributed by atoms with Crippen molar-refractivity contribution in [3.05, 3.63) is 46.1 Å². The standard InChI is InChI=1S/C43H62O10/c1-24(2)30-21-34(45)27(5)13-11-12-25(3)19-35(46)33-20-28(6)31-22-39(52-29(7)44)42(9,50)38-16-17-41(8,49)37(53-38)15-14-26(4)18-32(31)43(33,23-36(30)47)40(48)51-10/h13,18-19,24,30,32-33,37-39,49-50H,11-12,14-17,20-23H2,1-10H3/b25-19-,26-18+,27-13+/t30-,32-,33+,37-,38+,39-,41+,42+,43-/m0/s1. The van der Waals surface area contributed by atoms with Gasteiger partial charge in [0.05, 0.1) is 30.3 Å². The molecule has 2 aliphatic carbocycles. The third-order valence-corrected chi connectivity index (χ3v) is 12.6. The lowest BCUT2D eigenvalue weighted by Gasteiger charge is -2.50. The third kappa shape index (κ3) is 9.03. The Morgan fingerprint density at radius 1 is 0.943 bits per heavy atom. The number of hydrogen-bond acceptors (Lipinski definition) is 10. The first-order chi connectivity index (χ1) is 24.6. The van der Waals surface area contributed by atoms with Crippen LogP contribution in [0.2, 0.25) is 0 Å². The van der Waals surface area contributed by atoms with E-state index in [1.54, 1.807) is 26.8 Å². The van der Waals surface area contributed by atoms with Crippen LogP contribution in [0.3, 0.4) is 0 Å². The molecule has 0 aromatic rings. The molecule has 2 aliphatic heterocycles. The normalized spacial score (nSPS) is 39.7. The molecule has 53 heavy (non-hydrogen) atoms. The van der Waals surface area contributed by atoms with Crippen LogP contribution in [-0.4, -0.2) is 76.1 Å². The largest absolute Gasteiger partial charge is 0.469 e. The van der Waals surface area contributed by atoms with E-state index in [9.17, 15) is 34.2 Å². The average Bonchev–Trinajstić information content (AvgIpc) is 3.06. The number of aliphatic hydroxyl groups is 2. The highest BCUT2D eigenvalue weighted by Crippen LogP contribution is 2.56. The van der Waals surface area contributed by atoms with E-state index in [2.05, 4.69) is 0 Å². The summed E-state index contributed by atoms with van der Waals surface area (Å²) in [6.07, 6.45) is 5.18. The Balaban J connectivity index is 2.05. The molecule has 4 aliphatic rings. The number of rotatable bonds is 3. The maximum absolute atomic E-state index is 14.8. The molecule has 294 valence electrons. The molecule has 0 amide bonds. The lowest BCUT2D eigenvalue weighted by Crippen LogP contribution is -2.59. The number of fused-ring (bicyclic) bond motifs is 5. The summed E-state index contributed by atoms with van der Waals surface area (Å²) in [6.45, 7) is 15.7. The highest BCUT2D eigenvalue weighted by Gasteiger charge is 2.60. The molecule has 0 radical (unpaired) electrons. The lowest BCUT2D eigenvalue weighted by atomic mass is 9.53. The monoisotopic (exact) mass is 738 g/mol. The van der Waals surface area contributed by atoms with E-state index in [1.165, 1.54) is 14.0 Å². The number of hydrogen-bond donors (Lipinski definition) is 2. The van der Waals surface area contributed by atoms with E-state index in [1.807, 2.05) is 46.8 Å². The van der Waals surface area contributed by atoms with Gasteiger partial charge in [0.15, 0.2) is 11.6 Å². The van der Waals surface area contributed by atoms with Crippen LogP contribution in [0.5, 0.6) is 0 Å². The van der Waals surface area contributed by atoms with Crippen LogP contribution in [0.4, 0.5) is 0 Å². The van der Waals surface area contributed by atoms with E-state index in [-0.39, 0.29) is 49.0 Å². The number of methoxy groups -OCH3 is 1. The van der Waals surface area contributed by atoms with Gasteiger partial charge in [0.25, 0.3) is 0 Å². The molecule has 0 aromatic heterocycles. The molecular formula is C43H62O10. The van der Waals surface area contributed by atoms with Gasteiger partial charge in [0.2, 0.25) is 0 Å². The van der Waals surface area contributed by atoms with Crippen molar-refractivity contribution in [1.82, 2.24) is 0 Å². The smallest absolute Gasteiger partial charge is 0.313 e. The van der Waals surface area contributed by atoms with Crippen LogP contribution in [0, 0.1) is 29.1 Å². The predicted molar refractivity (Wildman–Crippen MR) is 200 cm³/mol. The van der Waals surface area contributed by atoms with Crippen molar-refractivity contribution in [3.63, 3.8) is 0 Å². The number of Topliss-reactive ketones (excluding diaryl/α,β-unsaturated/α-hetero) is 2. The van der Waals surface area contributed by atoms with Gasteiger partial charge in [-0.15, -0.1) is 0 Å². The predicted octanol–water partition coefficient (Wildman–Crippen LogP) is 6.66. The van der Waals surface area contributed by atoms with E-state index in [4.69, 9.17) is 14.2 Å². The van der Waals surface area contributed by atoms with Gasteiger partial charge >= 0.3 is 11.9 Å². The lowest BCUT2D eigenvalue weighted by molar-refractivity contribution is -0.239. The third-order valence-electron chi connectivity index (χ3n) is 12.6. The zero-order chi connectivity index (χ0) is 39.6. The zero-order valence-corrected chi connectivity index (χ0v) is 33.5. The topological polar surface area (TPSA) is 154 Å². The van der Waals surface area contributed by atoms with Crippen LogP contribution in [-0.2, 0) is 38.2 Å². The summed E-state index contributed by atoms with van der Waals surface area (Å²) in [6, 6.07) is 0. The Bertz CT molecular complexity index is 1590. The number of carbonyl (C=O) groups excluding carboxylic acids is 5. The fourth-order valence-corrected chi connectivity index (χ4v) is 9.14.